The van der Waals surface area contributed by atoms with Crippen molar-refractivity contribution < 1.29 is 4.79 Å². The van der Waals surface area contributed by atoms with Crippen molar-refractivity contribution in [3.63, 3.8) is 0 Å². The Kier molecular flexibility index (Phi) is 11.3. The van der Waals surface area contributed by atoms with Crippen molar-refractivity contribution in [3.8, 4) is 0 Å². The Balaban J connectivity index is 0.00000363. The number of anilines is 1. The number of pyridine rings is 1. The molecular weight excluding hydrogens is 515 g/mol. The Labute approximate surface area is 208 Å². The first kappa shape index (κ1) is 25.9. The first-order valence-corrected chi connectivity index (χ1v) is 11.0. The van der Waals surface area contributed by atoms with Gasteiger partial charge in [-0.2, -0.15) is 0 Å². The van der Waals surface area contributed by atoms with Crippen LogP contribution in [0.4, 0.5) is 5.69 Å². The maximum absolute atomic E-state index is 12.0. The molecule has 2 heterocycles. The Morgan fingerprint density at radius 2 is 1.78 bits per heavy atom. The van der Waals surface area contributed by atoms with Gasteiger partial charge in [-0.3, -0.25) is 9.78 Å². The van der Waals surface area contributed by atoms with Crippen molar-refractivity contribution >= 4 is 41.5 Å². The third kappa shape index (κ3) is 8.64. The van der Waals surface area contributed by atoms with Gasteiger partial charge in [-0.05, 0) is 42.9 Å². The largest absolute Gasteiger partial charge is 0.371 e. The molecule has 1 amide bonds. The van der Waals surface area contributed by atoms with E-state index in [1.807, 2.05) is 18.5 Å². The average molecular weight is 550 g/mol. The van der Waals surface area contributed by atoms with Crippen molar-refractivity contribution in [2.75, 3.05) is 51.7 Å². The highest BCUT2D eigenvalue weighted by Gasteiger charge is 2.19. The summed E-state index contributed by atoms with van der Waals surface area (Å²) in [5.41, 5.74) is 2.52. The van der Waals surface area contributed by atoms with Crippen LogP contribution in [0.2, 0.25) is 0 Å². The number of piperidine rings is 1. The molecule has 2 aromatic rings. The third-order valence-corrected chi connectivity index (χ3v) is 5.62. The van der Waals surface area contributed by atoms with E-state index in [1.165, 1.54) is 11.3 Å². The fourth-order valence-corrected chi connectivity index (χ4v) is 3.62. The Bertz CT molecular complexity index is 823. The summed E-state index contributed by atoms with van der Waals surface area (Å²) in [6, 6.07) is 14.5. The van der Waals surface area contributed by atoms with E-state index in [9.17, 15) is 4.79 Å². The Morgan fingerprint density at radius 1 is 1.09 bits per heavy atom. The van der Waals surface area contributed by atoms with E-state index in [0.29, 0.717) is 11.9 Å². The molecule has 0 aliphatic carbocycles. The number of likely N-dealkylation sites (N-methyl/N-ethyl adjacent to an activating group) is 1. The molecule has 1 aliphatic rings. The van der Waals surface area contributed by atoms with Crippen molar-refractivity contribution in [2.24, 2.45) is 10.9 Å². The van der Waals surface area contributed by atoms with Crippen LogP contribution in [0.3, 0.4) is 0 Å². The number of carbonyl (C=O) groups excluding carboxylic acids is 1. The van der Waals surface area contributed by atoms with Crippen LogP contribution in [-0.2, 0) is 11.2 Å². The van der Waals surface area contributed by atoms with Gasteiger partial charge in [0.2, 0.25) is 5.91 Å². The highest BCUT2D eigenvalue weighted by molar-refractivity contribution is 14.0. The highest BCUT2D eigenvalue weighted by Crippen LogP contribution is 2.22. The molecule has 7 nitrogen and oxygen atoms in total. The van der Waals surface area contributed by atoms with Crippen LogP contribution in [0.1, 0.15) is 18.4 Å². The zero-order valence-electron chi connectivity index (χ0n) is 19.0. The molecule has 0 bridgehead atoms. The lowest BCUT2D eigenvalue weighted by molar-refractivity contribution is -0.127. The Hall–Kier alpha value is -2.36. The lowest BCUT2D eigenvalue weighted by atomic mass is 9.96. The maximum atomic E-state index is 12.0. The SMILES string of the molecule is CN(C)C(=O)CN=C(NCCc1ccccc1)NCC1CCN(c2ccncc2)CC1.I. The number of nitrogens with zero attached hydrogens (tertiary/aromatic N) is 4. The van der Waals surface area contributed by atoms with Gasteiger partial charge in [-0.1, -0.05) is 30.3 Å². The molecule has 8 heteroatoms. The van der Waals surface area contributed by atoms with Crippen LogP contribution >= 0.6 is 24.0 Å². The average Bonchev–Trinajstić information content (AvgIpc) is 2.81. The minimum atomic E-state index is -0.00480. The van der Waals surface area contributed by atoms with Crippen LogP contribution in [0.15, 0.2) is 59.9 Å². The summed E-state index contributed by atoms with van der Waals surface area (Å²) in [6.07, 6.45) is 6.86. The summed E-state index contributed by atoms with van der Waals surface area (Å²) in [6.45, 7) is 3.87. The van der Waals surface area contributed by atoms with Gasteiger partial charge in [0, 0.05) is 58.4 Å². The zero-order chi connectivity index (χ0) is 21.9. The van der Waals surface area contributed by atoms with E-state index in [0.717, 1.165) is 45.4 Å². The number of amides is 1. The van der Waals surface area contributed by atoms with Gasteiger partial charge in [0.15, 0.2) is 5.96 Å². The predicted molar refractivity (Wildman–Crippen MR) is 142 cm³/mol. The molecule has 1 aromatic heterocycles. The molecule has 1 aliphatic heterocycles. The number of guanidine groups is 1. The molecule has 0 spiro atoms. The van der Waals surface area contributed by atoms with Gasteiger partial charge in [-0.15, -0.1) is 24.0 Å². The molecule has 0 saturated carbocycles. The molecule has 174 valence electrons. The van der Waals surface area contributed by atoms with Crippen LogP contribution in [0, 0.1) is 5.92 Å². The van der Waals surface area contributed by atoms with E-state index < -0.39 is 0 Å². The molecule has 0 unspecified atom stereocenters. The van der Waals surface area contributed by atoms with E-state index in [4.69, 9.17) is 0 Å². The monoisotopic (exact) mass is 550 g/mol. The lowest BCUT2D eigenvalue weighted by Crippen LogP contribution is -2.44. The van der Waals surface area contributed by atoms with E-state index in [-0.39, 0.29) is 36.4 Å². The summed E-state index contributed by atoms with van der Waals surface area (Å²) in [4.78, 5) is 24.6. The molecule has 1 fully saturated rings. The van der Waals surface area contributed by atoms with Crippen molar-refractivity contribution in [1.82, 2.24) is 20.5 Å². The number of halogens is 1. The van der Waals surface area contributed by atoms with E-state index in [1.54, 1.807) is 19.0 Å². The summed E-state index contributed by atoms with van der Waals surface area (Å²) in [5.74, 6) is 1.29. The molecule has 32 heavy (non-hydrogen) atoms. The number of nitrogens with one attached hydrogen (secondary N) is 2. The second kappa shape index (κ2) is 13.9. The summed E-state index contributed by atoms with van der Waals surface area (Å²) in [7, 11) is 3.51. The first-order valence-electron chi connectivity index (χ1n) is 11.0. The van der Waals surface area contributed by atoms with Crippen molar-refractivity contribution in [2.45, 2.75) is 19.3 Å². The van der Waals surface area contributed by atoms with Gasteiger partial charge >= 0.3 is 0 Å². The summed E-state index contributed by atoms with van der Waals surface area (Å²) < 4.78 is 0. The molecule has 1 aromatic carbocycles. The maximum Gasteiger partial charge on any atom is 0.243 e. The predicted octanol–water partition coefficient (Wildman–Crippen LogP) is 2.78. The van der Waals surface area contributed by atoms with Gasteiger partial charge in [0.1, 0.15) is 6.54 Å². The number of aromatic nitrogens is 1. The van der Waals surface area contributed by atoms with Crippen LogP contribution in [0.25, 0.3) is 0 Å². The second-order valence-electron chi connectivity index (χ2n) is 8.13. The fourth-order valence-electron chi connectivity index (χ4n) is 3.62. The topological polar surface area (TPSA) is 72.9 Å². The number of hydrogen-bond donors (Lipinski definition) is 2. The second-order valence-corrected chi connectivity index (χ2v) is 8.13. The minimum Gasteiger partial charge on any atom is -0.371 e. The molecule has 0 atom stereocenters. The van der Waals surface area contributed by atoms with Gasteiger partial charge in [0.25, 0.3) is 0 Å². The smallest absolute Gasteiger partial charge is 0.243 e. The van der Waals surface area contributed by atoms with Gasteiger partial charge in [-0.25, -0.2) is 4.99 Å². The number of hydrogen-bond acceptors (Lipinski definition) is 4. The van der Waals surface area contributed by atoms with Crippen LogP contribution in [-0.4, -0.2) is 68.6 Å². The molecule has 2 N–H and O–H groups in total. The number of rotatable bonds is 8. The summed E-state index contributed by atoms with van der Waals surface area (Å²) in [5, 5.41) is 6.85. The first-order chi connectivity index (χ1) is 15.1. The van der Waals surface area contributed by atoms with Crippen LogP contribution in [0.5, 0.6) is 0 Å². The Morgan fingerprint density at radius 3 is 2.44 bits per heavy atom. The lowest BCUT2D eigenvalue weighted by Gasteiger charge is -2.33. The van der Waals surface area contributed by atoms with E-state index >= 15 is 0 Å². The zero-order valence-corrected chi connectivity index (χ0v) is 21.4. The normalized spacial score (nSPS) is 14.4. The van der Waals surface area contributed by atoms with Gasteiger partial charge in [0.05, 0.1) is 0 Å². The molecular formula is C24H35IN6O. The molecule has 0 radical (unpaired) electrons. The number of aliphatic imine (C=N–C) groups is 1. The number of benzene rings is 1. The van der Waals surface area contributed by atoms with Crippen molar-refractivity contribution in [3.05, 3.63) is 60.4 Å². The standard InChI is InChI=1S/C24H34N6O.HI/c1-29(2)23(31)19-28-24(26-15-8-20-6-4-3-5-7-20)27-18-21-11-16-30(17-12-21)22-9-13-25-14-10-22;/h3-7,9-10,13-14,21H,8,11-12,15-19H2,1-2H3,(H2,26,27,28);1H. The van der Waals surface area contributed by atoms with Crippen molar-refractivity contribution in [1.29, 1.82) is 0 Å². The third-order valence-electron chi connectivity index (χ3n) is 5.62. The number of carbonyl (C=O) groups is 1. The highest BCUT2D eigenvalue weighted by atomic mass is 127. The minimum absolute atomic E-state index is 0. The molecule has 1 saturated heterocycles. The molecule has 3 rings (SSSR count). The summed E-state index contributed by atoms with van der Waals surface area (Å²) >= 11 is 0. The van der Waals surface area contributed by atoms with E-state index in [2.05, 4.69) is 61.9 Å². The van der Waals surface area contributed by atoms with Gasteiger partial charge < -0.3 is 20.4 Å². The quantitative estimate of drug-likeness (QED) is 0.301. The fraction of sp³-hybridized carbons (Fsp3) is 0.458. The van der Waals surface area contributed by atoms with Crippen LogP contribution < -0.4 is 15.5 Å².